The smallest absolute Gasteiger partial charge is 0.436 e. The molecule has 0 aliphatic carbocycles. The molecular weight excluding hydrogens is 475 g/mol. The van der Waals surface area contributed by atoms with Crippen LogP contribution in [0.25, 0.3) is 11.0 Å². The summed E-state index contributed by atoms with van der Waals surface area (Å²) in [5, 5.41) is 4.14. The Hall–Kier alpha value is -2.50. The molecule has 1 aliphatic rings. The Bertz CT molecular complexity index is 1200. The summed E-state index contributed by atoms with van der Waals surface area (Å²) in [5.41, 5.74) is -0.746. The molecule has 7 nitrogen and oxygen atoms in total. The highest BCUT2D eigenvalue weighted by Crippen LogP contribution is 2.42. The zero-order valence-electron chi connectivity index (χ0n) is 14.3. The zero-order valence-corrected chi connectivity index (χ0v) is 16.5. The van der Waals surface area contributed by atoms with Crippen molar-refractivity contribution >= 4 is 39.7 Å². The fourth-order valence-electron chi connectivity index (χ4n) is 3.14. The molecule has 0 amide bonds. The Morgan fingerprint density at radius 3 is 2.59 bits per heavy atom. The molecule has 0 atom stereocenters. The minimum Gasteiger partial charge on any atom is -0.448 e. The van der Waals surface area contributed by atoms with E-state index in [-0.39, 0.29) is 17.1 Å². The first-order valence-electron chi connectivity index (χ1n) is 7.79. The van der Waals surface area contributed by atoms with Gasteiger partial charge in [-0.05, 0) is 48.6 Å². The van der Waals surface area contributed by atoms with Crippen molar-refractivity contribution in [3.63, 3.8) is 0 Å². The number of hydrogen-bond donors (Lipinski definition) is 0. The Labute approximate surface area is 164 Å². The highest BCUT2D eigenvalue weighted by atomic mass is 127. The van der Waals surface area contributed by atoms with Crippen LogP contribution in [0.2, 0.25) is 0 Å². The Kier molecular flexibility index (Phi) is 3.81. The standard InChI is InChI=1S/C17H12F2IN3O4/c1-17(2)10-11-12(14(20)21-23(11)16(25)27-17)22(3)15(24)13(10)26-9-5-4-7(18)6-8(9)19/h4-6H,1-3H3. The summed E-state index contributed by atoms with van der Waals surface area (Å²) in [5.74, 6) is -2.27. The highest BCUT2D eigenvalue weighted by Gasteiger charge is 2.42. The number of aryl methyl sites for hydroxylation is 1. The van der Waals surface area contributed by atoms with Crippen LogP contribution in [0.5, 0.6) is 11.5 Å². The SMILES string of the molecule is Cn1c(=O)c(Oc2ccc(F)cc2F)c2c3c1c(I)nn3C(=O)OC2(C)C. The number of ether oxygens (including phenoxy) is 2. The predicted molar refractivity (Wildman–Crippen MR) is 99.0 cm³/mol. The van der Waals surface area contributed by atoms with E-state index in [0.717, 1.165) is 16.8 Å². The minimum atomic E-state index is -1.23. The first-order valence-corrected chi connectivity index (χ1v) is 8.87. The first kappa shape index (κ1) is 17.9. The number of benzene rings is 1. The van der Waals surface area contributed by atoms with E-state index in [4.69, 9.17) is 9.47 Å². The summed E-state index contributed by atoms with van der Waals surface area (Å²) < 4.78 is 41.0. The predicted octanol–water partition coefficient (Wildman–Crippen LogP) is 3.64. The van der Waals surface area contributed by atoms with Crippen LogP contribution in [0, 0.1) is 15.3 Å². The van der Waals surface area contributed by atoms with Gasteiger partial charge in [-0.2, -0.15) is 9.78 Å². The quantitative estimate of drug-likeness (QED) is 0.517. The van der Waals surface area contributed by atoms with E-state index in [1.807, 2.05) is 22.6 Å². The Morgan fingerprint density at radius 2 is 1.93 bits per heavy atom. The number of rotatable bonds is 2. The van der Waals surface area contributed by atoms with Crippen LogP contribution in [0.3, 0.4) is 0 Å². The number of aromatic nitrogens is 3. The van der Waals surface area contributed by atoms with Gasteiger partial charge >= 0.3 is 6.09 Å². The van der Waals surface area contributed by atoms with Crippen molar-refractivity contribution in [1.29, 1.82) is 0 Å². The molecule has 27 heavy (non-hydrogen) atoms. The van der Waals surface area contributed by atoms with Crippen LogP contribution in [0.15, 0.2) is 23.0 Å². The molecule has 0 N–H and O–H groups in total. The highest BCUT2D eigenvalue weighted by molar-refractivity contribution is 14.1. The molecule has 4 rings (SSSR count). The molecule has 0 saturated heterocycles. The third-order valence-electron chi connectivity index (χ3n) is 4.34. The van der Waals surface area contributed by atoms with Crippen molar-refractivity contribution < 1.29 is 23.0 Å². The molecule has 1 aromatic carbocycles. The summed E-state index contributed by atoms with van der Waals surface area (Å²) in [6.07, 6.45) is -0.696. The van der Waals surface area contributed by atoms with Gasteiger partial charge in [-0.3, -0.25) is 4.79 Å². The zero-order chi connectivity index (χ0) is 19.7. The van der Waals surface area contributed by atoms with Crippen LogP contribution in [-0.4, -0.2) is 20.4 Å². The lowest BCUT2D eigenvalue weighted by Crippen LogP contribution is -2.37. The summed E-state index contributed by atoms with van der Waals surface area (Å²) in [7, 11) is 1.50. The second kappa shape index (κ2) is 5.75. The molecule has 10 heteroatoms. The summed E-state index contributed by atoms with van der Waals surface area (Å²) in [6.45, 7) is 3.19. The molecule has 140 valence electrons. The largest absolute Gasteiger partial charge is 0.448 e. The fourth-order valence-corrected chi connectivity index (χ4v) is 3.97. The summed E-state index contributed by atoms with van der Waals surface area (Å²) in [4.78, 5) is 25.3. The molecule has 0 fully saturated rings. The number of carbonyl (C=O) groups excluding carboxylic acids is 1. The van der Waals surface area contributed by atoms with Crippen molar-refractivity contribution in [3.8, 4) is 11.5 Å². The second-order valence-electron chi connectivity index (χ2n) is 6.52. The van der Waals surface area contributed by atoms with E-state index < -0.39 is 28.9 Å². The number of cyclic esters (lactones) is 1. The van der Waals surface area contributed by atoms with Crippen LogP contribution >= 0.6 is 22.6 Å². The number of pyridine rings is 1. The van der Waals surface area contributed by atoms with Gasteiger partial charge in [0.15, 0.2) is 11.6 Å². The van der Waals surface area contributed by atoms with Gasteiger partial charge in [0.1, 0.15) is 26.2 Å². The molecule has 0 bridgehead atoms. The maximum absolute atomic E-state index is 14.1. The Balaban J connectivity index is 2.09. The van der Waals surface area contributed by atoms with Crippen molar-refractivity contribution in [3.05, 3.63) is 49.5 Å². The van der Waals surface area contributed by atoms with Gasteiger partial charge in [-0.15, -0.1) is 0 Å². The van der Waals surface area contributed by atoms with Crippen molar-refractivity contribution in [2.75, 3.05) is 0 Å². The second-order valence-corrected chi connectivity index (χ2v) is 7.55. The molecule has 0 radical (unpaired) electrons. The third-order valence-corrected chi connectivity index (χ3v) is 5.07. The molecule has 1 aliphatic heterocycles. The lowest BCUT2D eigenvalue weighted by Gasteiger charge is -2.31. The van der Waals surface area contributed by atoms with Gasteiger partial charge in [-0.1, -0.05) is 0 Å². The molecule has 3 aromatic rings. The summed E-state index contributed by atoms with van der Waals surface area (Å²) >= 11 is 1.91. The van der Waals surface area contributed by atoms with Gasteiger partial charge in [0.05, 0.1) is 5.56 Å². The summed E-state index contributed by atoms with van der Waals surface area (Å²) in [6, 6.07) is 2.76. The van der Waals surface area contributed by atoms with E-state index in [1.165, 1.54) is 11.6 Å². The molecule has 0 unspecified atom stereocenters. The van der Waals surface area contributed by atoms with Crippen LogP contribution in [0.4, 0.5) is 13.6 Å². The number of hydrogen-bond acceptors (Lipinski definition) is 5. The van der Waals surface area contributed by atoms with Gasteiger partial charge in [-0.25, -0.2) is 13.6 Å². The lowest BCUT2D eigenvalue weighted by molar-refractivity contribution is 0.0290. The minimum absolute atomic E-state index is 0.217. The lowest BCUT2D eigenvalue weighted by atomic mass is 9.95. The fraction of sp³-hybridized carbons (Fsp3) is 0.235. The monoisotopic (exact) mass is 487 g/mol. The molecule has 0 saturated carbocycles. The first-order chi connectivity index (χ1) is 12.6. The molecule has 3 heterocycles. The maximum atomic E-state index is 14.1. The van der Waals surface area contributed by atoms with E-state index >= 15 is 0 Å². The third kappa shape index (κ3) is 2.53. The number of carbonyl (C=O) groups is 1. The van der Waals surface area contributed by atoms with Crippen LogP contribution in [0.1, 0.15) is 19.4 Å². The van der Waals surface area contributed by atoms with Gasteiger partial charge in [0.25, 0.3) is 5.56 Å². The van der Waals surface area contributed by atoms with Crippen molar-refractivity contribution in [2.24, 2.45) is 7.05 Å². The van der Waals surface area contributed by atoms with Crippen molar-refractivity contribution in [1.82, 2.24) is 14.3 Å². The average Bonchev–Trinajstić information content (AvgIpc) is 2.90. The van der Waals surface area contributed by atoms with E-state index in [9.17, 15) is 18.4 Å². The average molecular weight is 487 g/mol. The van der Waals surface area contributed by atoms with Gasteiger partial charge in [0.2, 0.25) is 5.75 Å². The molecule has 0 spiro atoms. The van der Waals surface area contributed by atoms with E-state index in [0.29, 0.717) is 20.8 Å². The van der Waals surface area contributed by atoms with Gasteiger partial charge < -0.3 is 14.0 Å². The topological polar surface area (TPSA) is 75.4 Å². The molecular formula is C17H12F2IN3O4. The van der Waals surface area contributed by atoms with Crippen LogP contribution in [-0.2, 0) is 17.4 Å². The Morgan fingerprint density at radius 1 is 1.22 bits per heavy atom. The normalized spacial score (nSPS) is 15.1. The molecule has 2 aromatic heterocycles. The van der Waals surface area contributed by atoms with E-state index in [1.54, 1.807) is 13.8 Å². The van der Waals surface area contributed by atoms with Gasteiger partial charge in [0, 0.05) is 13.1 Å². The van der Waals surface area contributed by atoms with E-state index in [2.05, 4.69) is 5.10 Å². The van der Waals surface area contributed by atoms with Crippen molar-refractivity contribution in [2.45, 2.75) is 19.4 Å². The van der Waals surface area contributed by atoms with Crippen LogP contribution < -0.4 is 10.3 Å². The number of nitrogens with zero attached hydrogens (tertiary/aromatic N) is 3. The maximum Gasteiger partial charge on any atom is 0.436 e. The number of halogens is 3.